The Morgan fingerprint density at radius 1 is 1.70 bits per heavy atom. The van der Waals surface area contributed by atoms with Crippen molar-refractivity contribution >= 4 is 5.82 Å². The van der Waals surface area contributed by atoms with E-state index >= 15 is 0 Å². The average molecular weight is 283 g/mol. The predicted molar refractivity (Wildman–Crippen MR) is 69.7 cm³/mol. The lowest BCUT2D eigenvalue weighted by Crippen LogP contribution is -2.50. The van der Waals surface area contributed by atoms with E-state index in [2.05, 4.69) is 11.6 Å². The quantitative estimate of drug-likeness (QED) is 0.490. The van der Waals surface area contributed by atoms with E-state index in [9.17, 15) is 20.1 Å². The first-order valence-corrected chi connectivity index (χ1v) is 5.96. The monoisotopic (exact) mass is 283 g/mol. The van der Waals surface area contributed by atoms with Crippen LogP contribution in [0.1, 0.15) is 13.2 Å². The van der Waals surface area contributed by atoms with Gasteiger partial charge in [-0.2, -0.15) is 4.98 Å². The molecule has 1 aliphatic heterocycles. The molecule has 0 bridgehead atoms. The highest BCUT2D eigenvalue weighted by Crippen LogP contribution is 2.44. The number of aliphatic hydroxyl groups excluding tert-OH is 2. The Bertz CT molecular complexity index is 585. The SMILES string of the molecule is C=C[C@]1(CO)O[C@@H](n2ccc(N)nc2=O)[C@](C)(O)[C@@H]1O. The highest BCUT2D eigenvalue weighted by molar-refractivity contribution is 5.24. The summed E-state index contributed by atoms with van der Waals surface area (Å²) in [5.74, 6) is 0.0292. The fourth-order valence-corrected chi connectivity index (χ4v) is 2.31. The van der Waals surface area contributed by atoms with Gasteiger partial charge < -0.3 is 25.8 Å². The zero-order valence-corrected chi connectivity index (χ0v) is 10.9. The van der Waals surface area contributed by atoms with Gasteiger partial charge in [0.05, 0.1) is 6.61 Å². The maximum absolute atomic E-state index is 11.8. The number of nitrogen functional groups attached to an aromatic ring is 1. The molecule has 8 heteroatoms. The summed E-state index contributed by atoms with van der Waals surface area (Å²) < 4.78 is 6.50. The molecule has 2 rings (SSSR count). The van der Waals surface area contributed by atoms with Crippen molar-refractivity contribution < 1.29 is 20.1 Å². The minimum atomic E-state index is -1.82. The summed E-state index contributed by atoms with van der Waals surface area (Å²) in [6, 6.07) is 1.36. The van der Waals surface area contributed by atoms with Gasteiger partial charge in [0.1, 0.15) is 23.1 Å². The van der Waals surface area contributed by atoms with Crippen LogP contribution in [0.3, 0.4) is 0 Å². The van der Waals surface area contributed by atoms with E-state index in [1.807, 2.05) is 0 Å². The van der Waals surface area contributed by atoms with E-state index in [1.165, 1.54) is 25.3 Å². The number of ether oxygens (including phenoxy) is 1. The van der Waals surface area contributed by atoms with E-state index in [-0.39, 0.29) is 5.82 Å². The molecular formula is C12H17N3O5. The third-order valence-electron chi connectivity index (χ3n) is 3.54. The molecule has 0 saturated carbocycles. The molecule has 4 atom stereocenters. The van der Waals surface area contributed by atoms with Gasteiger partial charge in [-0.15, -0.1) is 6.58 Å². The van der Waals surface area contributed by atoms with Crippen LogP contribution in [0, 0.1) is 0 Å². The summed E-state index contributed by atoms with van der Waals surface area (Å²) in [4.78, 5) is 15.4. The minimum Gasteiger partial charge on any atom is -0.393 e. The van der Waals surface area contributed by atoms with Gasteiger partial charge in [0, 0.05) is 6.20 Å². The van der Waals surface area contributed by atoms with E-state index < -0.39 is 35.8 Å². The minimum absolute atomic E-state index is 0.0292. The number of aromatic nitrogens is 2. The summed E-state index contributed by atoms with van der Waals surface area (Å²) in [6.45, 7) is 4.19. The van der Waals surface area contributed by atoms with Crippen molar-refractivity contribution in [1.82, 2.24) is 9.55 Å². The van der Waals surface area contributed by atoms with E-state index in [4.69, 9.17) is 10.5 Å². The fourth-order valence-electron chi connectivity index (χ4n) is 2.31. The topological polar surface area (TPSA) is 131 Å². The number of rotatable bonds is 3. The van der Waals surface area contributed by atoms with Gasteiger partial charge in [-0.25, -0.2) is 4.79 Å². The molecule has 1 aliphatic rings. The molecule has 8 nitrogen and oxygen atoms in total. The number of hydrogen-bond acceptors (Lipinski definition) is 7. The number of hydrogen-bond donors (Lipinski definition) is 4. The summed E-state index contributed by atoms with van der Waals surface area (Å²) in [5.41, 5.74) is 1.28. The van der Waals surface area contributed by atoms with Crippen molar-refractivity contribution in [3.8, 4) is 0 Å². The van der Waals surface area contributed by atoms with Gasteiger partial charge in [-0.05, 0) is 13.0 Å². The van der Waals surface area contributed by atoms with Crippen molar-refractivity contribution in [3.05, 3.63) is 35.4 Å². The van der Waals surface area contributed by atoms with Gasteiger partial charge in [-0.3, -0.25) is 4.57 Å². The largest absolute Gasteiger partial charge is 0.393 e. The van der Waals surface area contributed by atoms with Crippen LogP contribution < -0.4 is 11.4 Å². The molecule has 1 saturated heterocycles. The second-order valence-electron chi connectivity index (χ2n) is 4.96. The molecule has 0 spiro atoms. The molecule has 5 N–H and O–H groups in total. The van der Waals surface area contributed by atoms with Gasteiger partial charge in [-0.1, -0.05) is 6.08 Å². The first-order chi connectivity index (χ1) is 9.28. The highest BCUT2D eigenvalue weighted by atomic mass is 16.6. The smallest absolute Gasteiger partial charge is 0.351 e. The number of anilines is 1. The van der Waals surface area contributed by atoms with Crippen LogP contribution in [0.4, 0.5) is 5.82 Å². The van der Waals surface area contributed by atoms with E-state index in [0.717, 1.165) is 4.57 Å². The van der Waals surface area contributed by atoms with Crippen molar-refractivity contribution in [3.63, 3.8) is 0 Å². The van der Waals surface area contributed by atoms with Crippen molar-refractivity contribution in [1.29, 1.82) is 0 Å². The Morgan fingerprint density at radius 3 is 2.80 bits per heavy atom. The Labute approximate surface area is 114 Å². The van der Waals surface area contributed by atoms with Crippen LogP contribution in [0.5, 0.6) is 0 Å². The lowest BCUT2D eigenvalue weighted by atomic mass is 9.88. The van der Waals surface area contributed by atoms with Crippen molar-refractivity contribution in [2.24, 2.45) is 0 Å². The second-order valence-corrected chi connectivity index (χ2v) is 4.96. The van der Waals surface area contributed by atoms with Gasteiger partial charge in [0.15, 0.2) is 6.23 Å². The van der Waals surface area contributed by atoms with Crippen LogP contribution >= 0.6 is 0 Å². The summed E-state index contributed by atoms with van der Waals surface area (Å²) >= 11 is 0. The fraction of sp³-hybridized carbons (Fsp3) is 0.500. The number of aliphatic hydroxyl groups is 3. The molecule has 0 unspecified atom stereocenters. The van der Waals surface area contributed by atoms with Crippen LogP contribution in [0.15, 0.2) is 29.7 Å². The van der Waals surface area contributed by atoms with Crippen molar-refractivity contribution in [2.75, 3.05) is 12.3 Å². The molecule has 2 heterocycles. The van der Waals surface area contributed by atoms with E-state index in [1.54, 1.807) is 0 Å². The zero-order valence-electron chi connectivity index (χ0n) is 10.9. The van der Waals surface area contributed by atoms with Gasteiger partial charge >= 0.3 is 5.69 Å². The number of nitrogens with zero attached hydrogens (tertiary/aromatic N) is 2. The third kappa shape index (κ3) is 1.93. The molecule has 0 aromatic carbocycles. The van der Waals surface area contributed by atoms with Gasteiger partial charge in [0.2, 0.25) is 0 Å². The number of nitrogens with two attached hydrogens (primary N) is 1. The molecule has 0 amide bonds. The Morgan fingerprint density at radius 2 is 2.35 bits per heavy atom. The molecule has 0 radical (unpaired) electrons. The molecule has 20 heavy (non-hydrogen) atoms. The average Bonchev–Trinajstić information content (AvgIpc) is 2.60. The normalized spacial score (nSPS) is 37.0. The van der Waals surface area contributed by atoms with Gasteiger partial charge in [0.25, 0.3) is 0 Å². The molecule has 1 fully saturated rings. The first-order valence-electron chi connectivity index (χ1n) is 5.96. The van der Waals surface area contributed by atoms with E-state index in [0.29, 0.717) is 0 Å². The Kier molecular flexibility index (Phi) is 3.42. The molecule has 1 aromatic rings. The van der Waals surface area contributed by atoms with Crippen molar-refractivity contribution in [2.45, 2.75) is 30.5 Å². The maximum Gasteiger partial charge on any atom is 0.351 e. The highest BCUT2D eigenvalue weighted by Gasteiger charge is 2.60. The summed E-state index contributed by atoms with van der Waals surface area (Å²) in [5, 5.41) is 30.0. The zero-order chi connectivity index (χ0) is 15.1. The Hall–Kier alpha value is -1.74. The molecule has 0 aliphatic carbocycles. The summed E-state index contributed by atoms with van der Waals surface area (Å²) in [6.07, 6.45) is -0.204. The standard InChI is InChI=1S/C12H17N3O5/c1-3-12(6-16)8(17)11(2,19)9(20-12)15-5-4-7(13)14-10(15)18/h3-5,8-9,16-17,19H,1,6H2,2H3,(H2,13,14,18)/t8-,9+,11+,12+/m0/s1. The predicted octanol–water partition coefficient (Wildman–Crippen LogP) is -1.62. The third-order valence-corrected chi connectivity index (χ3v) is 3.54. The molecular weight excluding hydrogens is 266 g/mol. The van der Waals surface area contributed by atoms with Crippen LogP contribution in [-0.2, 0) is 4.74 Å². The maximum atomic E-state index is 11.8. The lowest BCUT2D eigenvalue weighted by Gasteiger charge is -2.29. The van der Waals surface area contributed by atoms with Crippen LogP contribution in [0.25, 0.3) is 0 Å². The summed E-state index contributed by atoms with van der Waals surface area (Å²) in [7, 11) is 0. The second kappa shape index (κ2) is 4.67. The first kappa shape index (κ1) is 14.7. The molecule has 110 valence electrons. The lowest BCUT2D eigenvalue weighted by molar-refractivity contribution is -0.110. The van der Waals surface area contributed by atoms with Crippen LogP contribution in [-0.4, -0.2) is 48.8 Å². The molecule has 1 aromatic heterocycles. The Balaban J connectivity index is 2.52. The van der Waals surface area contributed by atoms with Crippen LogP contribution in [0.2, 0.25) is 0 Å².